The molecule has 0 heterocycles. The molecule has 0 aliphatic heterocycles. The quantitative estimate of drug-likeness (QED) is 0.457. The van der Waals surface area contributed by atoms with Crippen LogP contribution in [-0.2, 0) is 9.63 Å². The molecule has 0 aliphatic rings. The molecule has 0 radical (unpaired) electrons. The lowest BCUT2D eigenvalue weighted by atomic mass is 10.2. The molecule has 0 saturated heterocycles. The number of hydroxylamine groups is 1. The first-order valence-electron chi connectivity index (χ1n) is 5.28. The van der Waals surface area contributed by atoms with Gasteiger partial charge in [0.2, 0.25) is 5.91 Å². The molecule has 0 aromatic heterocycles. The van der Waals surface area contributed by atoms with Crippen molar-refractivity contribution in [3.8, 4) is 0 Å². The summed E-state index contributed by atoms with van der Waals surface area (Å²) in [5, 5.41) is 2.79. The van der Waals surface area contributed by atoms with E-state index in [4.69, 9.17) is 4.84 Å². The van der Waals surface area contributed by atoms with Crippen LogP contribution in [0.3, 0.4) is 0 Å². The maximum Gasteiger partial charge on any atom is 0.236 e. The highest BCUT2D eigenvalue weighted by Crippen LogP contribution is 1.89. The number of rotatable bonds is 8. The minimum absolute atomic E-state index is 0.0118. The van der Waals surface area contributed by atoms with E-state index in [1.807, 2.05) is 0 Å². The first kappa shape index (κ1) is 13.4. The van der Waals surface area contributed by atoms with Crippen molar-refractivity contribution in [2.75, 3.05) is 19.7 Å². The second kappa shape index (κ2) is 8.97. The summed E-state index contributed by atoms with van der Waals surface area (Å²) in [5.74, 6) is 0.466. The maximum absolute atomic E-state index is 11.1. The number of nitrogens with one attached hydrogen (secondary N) is 2. The number of hydrogen-bond acceptors (Lipinski definition) is 3. The van der Waals surface area contributed by atoms with E-state index in [0.29, 0.717) is 12.5 Å². The van der Waals surface area contributed by atoms with Crippen LogP contribution in [0.1, 0.15) is 33.6 Å². The van der Waals surface area contributed by atoms with Crippen molar-refractivity contribution in [3.05, 3.63) is 0 Å². The molecule has 0 spiro atoms. The zero-order valence-electron chi connectivity index (χ0n) is 9.43. The van der Waals surface area contributed by atoms with Gasteiger partial charge in [-0.05, 0) is 12.3 Å². The zero-order chi connectivity index (χ0) is 10.8. The molecule has 4 nitrogen and oxygen atoms in total. The third-order valence-electron chi connectivity index (χ3n) is 1.60. The SMILES string of the molecule is CCCCNC(=O)CNOCC(C)C. The fourth-order valence-corrected chi connectivity index (χ4v) is 0.809. The highest BCUT2D eigenvalue weighted by molar-refractivity contribution is 5.77. The van der Waals surface area contributed by atoms with Gasteiger partial charge in [-0.2, -0.15) is 5.48 Å². The Morgan fingerprint density at radius 3 is 2.71 bits per heavy atom. The number of unbranched alkanes of at least 4 members (excludes halogenated alkanes) is 1. The molecule has 14 heavy (non-hydrogen) atoms. The summed E-state index contributed by atoms with van der Waals surface area (Å²) in [5.41, 5.74) is 2.63. The van der Waals surface area contributed by atoms with E-state index in [2.05, 4.69) is 31.6 Å². The predicted octanol–water partition coefficient (Wildman–Crippen LogP) is 1.08. The van der Waals surface area contributed by atoms with Gasteiger partial charge in [0.25, 0.3) is 0 Å². The second-order valence-electron chi connectivity index (χ2n) is 3.73. The van der Waals surface area contributed by atoms with Gasteiger partial charge in [-0.15, -0.1) is 0 Å². The van der Waals surface area contributed by atoms with Gasteiger partial charge in [0, 0.05) is 6.54 Å². The van der Waals surface area contributed by atoms with Crippen molar-refractivity contribution in [1.82, 2.24) is 10.8 Å². The third-order valence-corrected chi connectivity index (χ3v) is 1.60. The number of hydrogen-bond donors (Lipinski definition) is 2. The summed E-state index contributed by atoms with van der Waals surface area (Å²) < 4.78 is 0. The summed E-state index contributed by atoms with van der Waals surface area (Å²) >= 11 is 0. The standard InChI is InChI=1S/C10H22N2O2/c1-4-5-6-11-10(13)7-12-14-8-9(2)3/h9,12H,4-8H2,1-3H3,(H,11,13). The zero-order valence-corrected chi connectivity index (χ0v) is 9.43. The van der Waals surface area contributed by atoms with Crippen LogP contribution in [0, 0.1) is 5.92 Å². The van der Waals surface area contributed by atoms with Crippen LogP contribution in [0.5, 0.6) is 0 Å². The van der Waals surface area contributed by atoms with Gasteiger partial charge in [-0.25, -0.2) is 0 Å². The predicted molar refractivity (Wildman–Crippen MR) is 56.7 cm³/mol. The third kappa shape index (κ3) is 9.48. The fourth-order valence-electron chi connectivity index (χ4n) is 0.809. The minimum Gasteiger partial charge on any atom is -0.355 e. The van der Waals surface area contributed by atoms with Crippen LogP contribution < -0.4 is 10.8 Å². The molecule has 0 fully saturated rings. The summed E-state index contributed by atoms with van der Waals surface area (Å²) in [7, 11) is 0. The van der Waals surface area contributed by atoms with E-state index < -0.39 is 0 Å². The molecule has 0 aromatic rings. The molecular weight excluding hydrogens is 180 g/mol. The molecule has 0 aliphatic carbocycles. The topological polar surface area (TPSA) is 50.4 Å². The molecule has 0 unspecified atom stereocenters. The first-order chi connectivity index (χ1) is 6.66. The maximum atomic E-state index is 11.1. The van der Waals surface area contributed by atoms with Crippen molar-refractivity contribution in [3.63, 3.8) is 0 Å². The molecule has 84 valence electrons. The van der Waals surface area contributed by atoms with Crippen molar-refractivity contribution in [2.24, 2.45) is 5.92 Å². The molecule has 0 rings (SSSR count). The molecule has 0 saturated carbocycles. The van der Waals surface area contributed by atoms with Crippen molar-refractivity contribution in [2.45, 2.75) is 33.6 Å². The average molecular weight is 202 g/mol. The van der Waals surface area contributed by atoms with Gasteiger partial charge < -0.3 is 10.2 Å². The second-order valence-corrected chi connectivity index (χ2v) is 3.73. The Labute approximate surface area is 86.4 Å². The van der Waals surface area contributed by atoms with Crippen molar-refractivity contribution < 1.29 is 9.63 Å². The Morgan fingerprint density at radius 2 is 2.14 bits per heavy atom. The van der Waals surface area contributed by atoms with E-state index in [9.17, 15) is 4.79 Å². The number of carbonyl (C=O) groups excluding carboxylic acids is 1. The molecule has 0 bridgehead atoms. The van der Waals surface area contributed by atoms with E-state index >= 15 is 0 Å². The monoisotopic (exact) mass is 202 g/mol. The molecule has 2 N–H and O–H groups in total. The Balaban J connectivity index is 3.18. The van der Waals surface area contributed by atoms with Crippen LogP contribution in [0.2, 0.25) is 0 Å². The summed E-state index contributed by atoms with van der Waals surface area (Å²) in [6.45, 7) is 7.82. The Bertz CT molecular complexity index is 149. The summed E-state index contributed by atoms with van der Waals surface area (Å²) in [6.07, 6.45) is 2.12. The van der Waals surface area contributed by atoms with E-state index in [0.717, 1.165) is 19.4 Å². The van der Waals surface area contributed by atoms with Crippen LogP contribution in [0.15, 0.2) is 0 Å². The van der Waals surface area contributed by atoms with Gasteiger partial charge in [-0.1, -0.05) is 27.2 Å². The minimum atomic E-state index is -0.0118. The lowest BCUT2D eigenvalue weighted by Crippen LogP contribution is -2.34. The largest absolute Gasteiger partial charge is 0.355 e. The van der Waals surface area contributed by atoms with Gasteiger partial charge in [0.05, 0.1) is 13.2 Å². The van der Waals surface area contributed by atoms with Crippen molar-refractivity contribution in [1.29, 1.82) is 0 Å². The average Bonchev–Trinajstić information content (AvgIpc) is 2.13. The highest BCUT2D eigenvalue weighted by atomic mass is 16.6. The molecular formula is C10H22N2O2. The first-order valence-corrected chi connectivity index (χ1v) is 5.28. The van der Waals surface area contributed by atoms with Gasteiger partial charge in [0.1, 0.15) is 0 Å². The van der Waals surface area contributed by atoms with E-state index in [1.165, 1.54) is 0 Å². The van der Waals surface area contributed by atoms with Gasteiger partial charge in [-0.3, -0.25) is 4.79 Å². The lowest BCUT2D eigenvalue weighted by molar-refractivity contribution is -0.123. The van der Waals surface area contributed by atoms with Gasteiger partial charge in [0.15, 0.2) is 0 Å². The summed E-state index contributed by atoms with van der Waals surface area (Å²) in [6, 6.07) is 0. The Hall–Kier alpha value is -0.610. The smallest absolute Gasteiger partial charge is 0.236 e. The van der Waals surface area contributed by atoms with Crippen molar-refractivity contribution >= 4 is 5.91 Å². The van der Waals surface area contributed by atoms with E-state index in [1.54, 1.807) is 0 Å². The van der Waals surface area contributed by atoms with Gasteiger partial charge >= 0.3 is 0 Å². The molecule has 4 heteroatoms. The van der Waals surface area contributed by atoms with Crippen LogP contribution in [0.4, 0.5) is 0 Å². The van der Waals surface area contributed by atoms with Crippen LogP contribution >= 0.6 is 0 Å². The normalized spacial score (nSPS) is 10.6. The molecule has 0 aromatic carbocycles. The van der Waals surface area contributed by atoms with Crippen LogP contribution in [-0.4, -0.2) is 25.6 Å². The lowest BCUT2D eigenvalue weighted by Gasteiger charge is -2.08. The number of carbonyl (C=O) groups is 1. The van der Waals surface area contributed by atoms with Crippen LogP contribution in [0.25, 0.3) is 0 Å². The Kier molecular flexibility index (Phi) is 8.57. The number of amides is 1. The Morgan fingerprint density at radius 1 is 1.43 bits per heavy atom. The fraction of sp³-hybridized carbons (Fsp3) is 0.900. The van der Waals surface area contributed by atoms with E-state index in [-0.39, 0.29) is 12.5 Å². The molecule has 1 amide bonds. The summed E-state index contributed by atoms with van der Waals surface area (Å²) in [4.78, 5) is 16.2. The highest BCUT2D eigenvalue weighted by Gasteiger charge is 1.99. The molecule has 0 atom stereocenters.